The third kappa shape index (κ3) is 3.94. The predicted octanol–water partition coefficient (Wildman–Crippen LogP) is 4.53. The van der Waals surface area contributed by atoms with Crippen LogP contribution in [0.2, 0.25) is 0 Å². The SMILES string of the molecule is Cc1ccc(C(=O)N[C@H](c2cccnc2)c2ccc(C)c(C)c2)cc1. The number of hydrogen-bond acceptors (Lipinski definition) is 2. The monoisotopic (exact) mass is 330 g/mol. The fraction of sp³-hybridized carbons (Fsp3) is 0.182. The lowest BCUT2D eigenvalue weighted by atomic mass is 9.96. The zero-order valence-electron chi connectivity index (χ0n) is 14.8. The molecule has 1 atom stereocenters. The second-order valence-electron chi connectivity index (χ2n) is 6.40. The molecule has 1 aromatic heterocycles. The summed E-state index contributed by atoms with van der Waals surface area (Å²) < 4.78 is 0. The van der Waals surface area contributed by atoms with Gasteiger partial charge in [-0.2, -0.15) is 0 Å². The number of rotatable bonds is 4. The van der Waals surface area contributed by atoms with Gasteiger partial charge < -0.3 is 5.32 Å². The Balaban J connectivity index is 1.95. The summed E-state index contributed by atoms with van der Waals surface area (Å²) in [5.74, 6) is -0.0907. The van der Waals surface area contributed by atoms with E-state index in [4.69, 9.17) is 0 Å². The van der Waals surface area contributed by atoms with Gasteiger partial charge in [0.2, 0.25) is 0 Å². The molecule has 0 fully saturated rings. The number of benzene rings is 2. The molecule has 3 nitrogen and oxygen atoms in total. The van der Waals surface area contributed by atoms with Crippen LogP contribution in [-0.4, -0.2) is 10.9 Å². The summed E-state index contributed by atoms with van der Waals surface area (Å²) in [5, 5.41) is 3.15. The molecule has 0 unspecified atom stereocenters. The number of carbonyl (C=O) groups is 1. The van der Waals surface area contributed by atoms with E-state index in [1.165, 1.54) is 11.1 Å². The van der Waals surface area contributed by atoms with E-state index in [0.29, 0.717) is 5.56 Å². The Kier molecular flexibility index (Phi) is 4.94. The van der Waals surface area contributed by atoms with Crippen molar-refractivity contribution in [1.82, 2.24) is 10.3 Å². The minimum atomic E-state index is -0.234. The highest BCUT2D eigenvalue weighted by Crippen LogP contribution is 2.24. The van der Waals surface area contributed by atoms with Gasteiger partial charge in [-0.25, -0.2) is 0 Å². The zero-order valence-corrected chi connectivity index (χ0v) is 14.8. The van der Waals surface area contributed by atoms with Crippen LogP contribution in [0.3, 0.4) is 0 Å². The number of aromatic nitrogens is 1. The molecule has 0 bridgehead atoms. The summed E-state index contributed by atoms with van der Waals surface area (Å²) in [6, 6.07) is 17.5. The summed E-state index contributed by atoms with van der Waals surface area (Å²) in [7, 11) is 0. The molecule has 25 heavy (non-hydrogen) atoms. The van der Waals surface area contributed by atoms with Crippen LogP contribution in [0.1, 0.15) is 44.2 Å². The summed E-state index contributed by atoms with van der Waals surface area (Å²) >= 11 is 0. The van der Waals surface area contributed by atoms with E-state index < -0.39 is 0 Å². The topological polar surface area (TPSA) is 42.0 Å². The molecule has 0 spiro atoms. The van der Waals surface area contributed by atoms with E-state index in [-0.39, 0.29) is 11.9 Å². The van der Waals surface area contributed by atoms with Crippen molar-refractivity contribution in [3.63, 3.8) is 0 Å². The molecule has 1 heterocycles. The molecular formula is C22H22N2O. The van der Waals surface area contributed by atoms with Gasteiger partial charge in [0, 0.05) is 18.0 Å². The summed E-state index contributed by atoms with van der Waals surface area (Å²) in [4.78, 5) is 16.9. The Bertz CT molecular complexity index is 870. The van der Waals surface area contributed by atoms with E-state index in [9.17, 15) is 4.79 Å². The molecule has 3 aromatic rings. The molecule has 0 saturated heterocycles. The summed E-state index contributed by atoms with van der Waals surface area (Å²) in [6.45, 7) is 6.18. The third-order valence-electron chi connectivity index (χ3n) is 4.47. The lowest BCUT2D eigenvalue weighted by molar-refractivity contribution is 0.0943. The average molecular weight is 330 g/mol. The van der Waals surface area contributed by atoms with Crippen molar-refractivity contribution in [2.45, 2.75) is 26.8 Å². The number of carbonyl (C=O) groups excluding carboxylic acids is 1. The van der Waals surface area contributed by atoms with Gasteiger partial charge in [-0.05, 0) is 61.2 Å². The van der Waals surface area contributed by atoms with Gasteiger partial charge in [0.25, 0.3) is 5.91 Å². The maximum Gasteiger partial charge on any atom is 0.252 e. The van der Waals surface area contributed by atoms with Gasteiger partial charge in [-0.1, -0.05) is 42.0 Å². The lowest BCUT2D eigenvalue weighted by Crippen LogP contribution is -2.29. The van der Waals surface area contributed by atoms with Crippen molar-refractivity contribution in [2.75, 3.05) is 0 Å². The van der Waals surface area contributed by atoms with E-state index in [0.717, 1.165) is 16.7 Å². The number of hydrogen-bond donors (Lipinski definition) is 1. The first-order chi connectivity index (χ1) is 12.0. The van der Waals surface area contributed by atoms with Crippen molar-refractivity contribution in [3.05, 3.63) is 100 Å². The van der Waals surface area contributed by atoms with Crippen LogP contribution in [0.25, 0.3) is 0 Å². The number of pyridine rings is 1. The predicted molar refractivity (Wildman–Crippen MR) is 101 cm³/mol. The maximum absolute atomic E-state index is 12.7. The van der Waals surface area contributed by atoms with Crippen LogP contribution in [0.4, 0.5) is 0 Å². The Hall–Kier alpha value is -2.94. The molecule has 0 aliphatic heterocycles. The van der Waals surface area contributed by atoms with Crippen molar-refractivity contribution in [3.8, 4) is 0 Å². The molecule has 1 N–H and O–H groups in total. The van der Waals surface area contributed by atoms with Gasteiger partial charge in [0.1, 0.15) is 0 Å². The fourth-order valence-electron chi connectivity index (χ4n) is 2.77. The number of nitrogens with one attached hydrogen (secondary N) is 1. The lowest BCUT2D eigenvalue weighted by Gasteiger charge is -2.20. The second kappa shape index (κ2) is 7.31. The Morgan fingerprint density at radius 3 is 2.32 bits per heavy atom. The largest absolute Gasteiger partial charge is 0.341 e. The zero-order chi connectivity index (χ0) is 17.8. The second-order valence-corrected chi connectivity index (χ2v) is 6.40. The summed E-state index contributed by atoms with van der Waals surface area (Å²) in [5.41, 5.74) is 6.25. The minimum absolute atomic E-state index is 0.0907. The molecular weight excluding hydrogens is 308 g/mol. The highest BCUT2D eigenvalue weighted by molar-refractivity contribution is 5.94. The molecule has 0 aliphatic carbocycles. The smallest absolute Gasteiger partial charge is 0.252 e. The van der Waals surface area contributed by atoms with Crippen molar-refractivity contribution < 1.29 is 4.79 Å². The van der Waals surface area contributed by atoms with E-state index >= 15 is 0 Å². The van der Waals surface area contributed by atoms with E-state index in [2.05, 4.69) is 42.3 Å². The van der Waals surface area contributed by atoms with Gasteiger partial charge in [0.05, 0.1) is 6.04 Å². The van der Waals surface area contributed by atoms with E-state index in [1.807, 2.05) is 43.3 Å². The summed E-state index contributed by atoms with van der Waals surface area (Å²) in [6.07, 6.45) is 3.54. The van der Waals surface area contributed by atoms with E-state index in [1.54, 1.807) is 12.4 Å². The Morgan fingerprint density at radius 1 is 0.920 bits per heavy atom. The van der Waals surface area contributed by atoms with Crippen LogP contribution in [0, 0.1) is 20.8 Å². The van der Waals surface area contributed by atoms with Crippen LogP contribution in [0.5, 0.6) is 0 Å². The van der Waals surface area contributed by atoms with Gasteiger partial charge in [-0.15, -0.1) is 0 Å². The van der Waals surface area contributed by atoms with Gasteiger partial charge >= 0.3 is 0 Å². The molecule has 3 heteroatoms. The highest BCUT2D eigenvalue weighted by Gasteiger charge is 2.18. The first kappa shape index (κ1) is 16.9. The van der Waals surface area contributed by atoms with Crippen LogP contribution >= 0.6 is 0 Å². The van der Waals surface area contributed by atoms with Crippen molar-refractivity contribution >= 4 is 5.91 Å². The quantitative estimate of drug-likeness (QED) is 0.764. The molecule has 1 amide bonds. The molecule has 0 saturated carbocycles. The van der Waals surface area contributed by atoms with Gasteiger partial charge in [-0.3, -0.25) is 9.78 Å². The normalized spacial score (nSPS) is 11.8. The number of nitrogens with zero attached hydrogens (tertiary/aromatic N) is 1. The first-order valence-electron chi connectivity index (χ1n) is 8.39. The highest BCUT2D eigenvalue weighted by atomic mass is 16.1. The standard InChI is InChI=1S/C22H22N2O/c1-15-6-9-18(10-7-15)22(25)24-21(20-5-4-12-23-14-20)19-11-8-16(2)17(3)13-19/h4-14,21H,1-3H3,(H,24,25)/t21-/m0/s1. The average Bonchev–Trinajstić information content (AvgIpc) is 2.63. The minimum Gasteiger partial charge on any atom is -0.341 e. The molecule has 3 rings (SSSR count). The van der Waals surface area contributed by atoms with Crippen LogP contribution in [0.15, 0.2) is 67.0 Å². The number of aryl methyl sites for hydroxylation is 3. The Morgan fingerprint density at radius 2 is 1.68 bits per heavy atom. The molecule has 0 aliphatic rings. The number of amides is 1. The van der Waals surface area contributed by atoms with Gasteiger partial charge in [0.15, 0.2) is 0 Å². The van der Waals surface area contributed by atoms with Crippen molar-refractivity contribution in [2.24, 2.45) is 0 Å². The fourth-order valence-corrected chi connectivity index (χ4v) is 2.77. The van der Waals surface area contributed by atoms with Crippen molar-refractivity contribution in [1.29, 1.82) is 0 Å². The first-order valence-corrected chi connectivity index (χ1v) is 8.39. The Labute approximate surface area is 148 Å². The maximum atomic E-state index is 12.7. The van der Waals surface area contributed by atoms with Crippen LogP contribution in [-0.2, 0) is 0 Å². The third-order valence-corrected chi connectivity index (χ3v) is 4.47. The molecule has 0 radical (unpaired) electrons. The molecule has 126 valence electrons. The van der Waals surface area contributed by atoms with Crippen LogP contribution < -0.4 is 5.32 Å². The molecule has 2 aromatic carbocycles.